The van der Waals surface area contributed by atoms with Crippen LogP contribution in [0.5, 0.6) is 0 Å². The predicted molar refractivity (Wildman–Crippen MR) is 128 cm³/mol. The molecule has 1 saturated carbocycles. The molecule has 0 spiro atoms. The van der Waals surface area contributed by atoms with Crippen molar-refractivity contribution in [1.82, 2.24) is 0 Å². The molecule has 3 amide bonds. The van der Waals surface area contributed by atoms with Gasteiger partial charge in [-0.15, -0.1) is 0 Å². The summed E-state index contributed by atoms with van der Waals surface area (Å²) in [5.41, 5.74) is 1.39. The van der Waals surface area contributed by atoms with E-state index < -0.39 is 24.5 Å². The van der Waals surface area contributed by atoms with Crippen LogP contribution in [0.15, 0.2) is 60.7 Å². The average Bonchev–Trinajstić information content (AvgIpc) is 3.57. The molecular weight excluding hydrogens is 464 g/mol. The van der Waals surface area contributed by atoms with Gasteiger partial charge in [0.05, 0.1) is 35.3 Å². The standard InChI is InChI=1S/C27H24N2O7/c1-2-35-26(33)15-5-9-19(10-6-15)28-21(30)14-36-27(34)16-7-11-20(12-8-16)29-24(31)22-17-3-4-18(13-17)23(22)25(29)32/h3-12,17-18,22-23H,2,13-14H2,1H3,(H,28,30)/t17-,18-,22-,23-/m0/s1. The molecule has 36 heavy (non-hydrogen) atoms. The van der Waals surface area contributed by atoms with Crippen LogP contribution >= 0.6 is 0 Å². The molecule has 1 heterocycles. The van der Waals surface area contributed by atoms with Crippen molar-refractivity contribution in [2.45, 2.75) is 13.3 Å². The number of nitrogens with zero attached hydrogens (tertiary/aromatic N) is 1. The van der Waals surface area contributed by atoms with Crippen LogP contribution in [0, 0.1) is 23.7 Å². The first-order valence-electron chi connectivity index (χ1n) is 11.8. The van der Waals surface area contributed by atoms with Crippen molar-refractivity contribution in [3.63, 3.8) is 0 Å². The second-order valence-electron chi connectivity index (χ2n) is 8.98. The third-order valence-corrected chi connectivity index (χ3v) is 6.85. The minimum absolute atomic E-state index is 0.123. The maximum atomic E-state index is 12.9. The summed E-state index contributed by atoms with van der Waals surface area (Å²) < 4.78 is 9.99. The van der Waals surface area contributed by atoms with Crippen molar-refractivity contribution in [3.8, 4) is 0 Å². The Hall–Kier alpha value is -4.27. The van der Waals surface area contributed by atoms with Gasteiger partial charge in [-0.2, -0.15) is 0 Å². The van der Waals surface area contributed by atoms with Crippen LogP contribution in [0.2, 0.25) is 0 Å². The quantitative estimate of drug-likeness (QED) is 0.362. The predicted octanol–water partition coefficient (Wildman–Crippen LogP) is 2.97. The van der Waals surface area contributed by atoms with E-state index >= 15 is 0 Å². The minimum Gasteiger partial charge on any atom is -0.462 e. The molecule has 2 aromatic carbocycles. The zero-order valence-corrected chi connectivity index (χ0v) is 19.5. The minimum atomic E-state index is -0.715. The highest BCUT2D eigenvalue weighted by Gasteiger charge is 2.59. The van der Waals surface area contributed by atoms with E-state index in [0.717, 1.165) is 6.42 Å². The first kappa shape index (κ1) is 23.5. The van der Waals surface area contributed by atoms with Crippen LogP contribution in [-0.2, 0) is 23.9 Å². The second-order valence-corrected chi connectivity index (χ2v) is 8.98. The van der Waals surface area contributed by atoms with Gasteiger partial charge >= 0.3 is 11.9 Å². The Labute approximate surface area is 207 Å². The van der Waals surface area contributed by atoms with Crippen LogP contribution in [-0.4, -0.2) is 42.9 Å². The maximum absolute atomic E-state index is 12.9. The van der Waals surface area contributed by atoms with Crippen molar-refractivity contribution in [2.24, 2.45) is 23.7 Å². The largest absolute Gasteiger partial charge is 0.462 e. The molecule has 4 atom stereocenters. The number of hydrogen-bond donors (Lipinski definition) is 1. The number of benzene rings is 2. The van der Waals surface area contributed by atoms with Crippen LogP contribution < -0.4 is 10.2 Å². The molecule has 0 radical (unpaired) electrons. The van der Waals surface area contributed by atoms with E-state index in [0.29, 0.717) is 16.9 Å². The smallest absolute Gasteiger partial charge is 0.338 e. The summed E-state index contributed by atoms with van der Waals surface area (Å²) in [6, 6.07) is 12.1. The molecule has 2 aliphatic carbocycles. The van der Waals surface area contributed by atoms with E-state index in [9.17, 15) is 24.0 Å². The Morgan fingerprint density at radius 3 is 1.92 bits per heavy atom. The molecule has 5 rings (SSSR count). The van der Waals surface area contributed by atoms with E-state index in [-0.39, 0.29) is 47.7 Å². The van der Waals surface area contributed by atoms with Crippen molar-refractivity contribution >= 4 is 41.0 Å². The van der Waals surface area contributed by atoms with Crippen LogP contribution in [0.25, 0.3) is 0 Å². The SMILES string of the molecule is CCOC(=O)c1ccc(NC(=O)COC(=O)c2ccc(N3C(=O)[C@@H]4[C@@H](C3=O)[C@H]3C=C[C@H]4C3)cc2)cc1. The zero-order chi connectivity index (χ0) is 25.4. The Morgan fingerprint density at radius 2 is 1.36 bits per heavy atom. The Balaban J connectivity index is 1.15. The lowest BCUT2D eigenvalue weighted by Gasteiger charge is -2.17. The molecule has 184 valence electrons. The molecule has 3 aliphatic rings. The van der Waals surface area contributed by atoms with Crippen molar-refractivity contribution in [2.75, 3.05) is 23.4 Å². The molecule has 2 bridgehead atoms. The molecule has 9 heteroatoms. The highest BCUT2D eigenvalue weighted by Crippen LogP contribution is 2.53. The highest BCUT2D eigenvalue weighted by molar-refractivity contribution is 6.22. The Kier molecular flexibility index (Phi) is 6.13. The summed E-state index contributed by atoms with van der Waals surface area (Å²) in [4.78, 5) is 63.3. The van der Waals surface area contributed by atoms with Crippen molar-refractivity contribution in [1.29, 1.82) is 0 Å². The third-order valence-electron chi connectivity index (χ3n) is 6.85. The van der Waals surface area contributed by atoms with Gasteiger partial charge in [0.2, 0.25) is 11.8 Å². The topological polar surface area (TPSA) is 119 Å². The number of amides is 3. The van der Waals surface area contributed by atoms with E-state index in [1.54, 1.807) is 19.1 Å². The summed E-state index contributed by atoms with van der Waals surface area (Å²) in [7, 11) is 0. The molecular formula is C27H24N2O7. The monoisotopic (exact) mass is 488 g/mol. The summed E-state index contributed by atoms with van der Waals surface area (Å²) in [5, 5.41) is 2.58. The second kappa shape index (κ2) is 9.41. The van der Waals surface area contributed by atoms with Gasteiger partial charge in [-0.3, -0.25) is 19.3 Å². The van der Waals surface area contributed by atoms with E-state index in [1.165, 1.54) is 41.3 Å². The number of carbonyl (C=O) groups excluding carboxylic acids is 5. The van der Waals surface area contributed by atoms with Gasteiger partial charge in [0.1, 0.15) is 0 Å². The average molecular weight is 488 g/mol. The van der Waals surface area contributed by atoms with E-state index in [1.807, 2.05) is 12.2 Å². The molecule has 2 aromatic rings. The molecule has 2 fully saturated rings. The molecule has 0 unspecified atom stereocenters. The van der Waals surface area contributed by atoms with Gasteiger partial charge in [0.25, 0.3) is 5.91 Å². The maximum Gasteiger partial charge on any atom is 0.338 e. The number of fused-ring (bicyclic) bond motifs is 5. The molecule has 0 aromatic heterocycles. The number of hydrogen-bond acceptors (Lipinski definition) is 7. The number of rotatable bonds is 7. The number of esters is 2. The summed E-state index contributed by atoms with van der Waals surface area (Å²) in [5.74, 6) is -2.45. The lowest BCUT2D eigenvalue weighted by Crippen LogP contribution is -2.32. The van der Waals surface area contributed by atoms with Crippen LogP contribution in [0.3, 0.4) is 0 Å². The zero-order valence-electron chi connectivity index (χ0n) is 19.5. The lowest BCUT2D eigenvalue weighted by atomic mass is 9.85. The molecule has 1 aliphatic heterocycles. The van der Waals surface area contributed by atoms with Gasteiger partial charge in [-0.05, 0) is 73.7 Å². The highest BCUT2D eigenvalue weighted by atomic mass is 16.5. The third kappa shape index (κ3) is 4.17. The number of allylic oxidation sites excluding steroid dienone is 2. The number of nitrogens with one attached hydrogen (secondary N) is 1. The van der Waals surface area contributed by atoms with Crippen LogP contribution in [0.1, 0.15) is 34.1 Å². The fourth-order valence-electron chi connectivity index (χ4n) is 5.22. The van der Waals surface area contributed by atoms with Gasteiger partial charge < -0.3 is 14.8 Å². The van der Waals surface area contributed by atoms with Crippen molar-refractivity contribution < 1.29 is 33.4 Å². The fraction of sp³-hybridized carbons (Fsp3) is 0.296. The summed E-state index contributed by atoms with van der Waals surface area (Å²) in [6.07, 6.45) is 4.93. The molecule has 1 N–H and O–H groups in total. The van der Waals surface area contributed by atoms with E-state index in [4.69, 9.17) is 9.47 Å². The van der Waals surface area contributed by atoms with Crippen LogP contribution in [0.4, 0.5) is 11.4 Å². The molecule has 1 saturated heterocycles. The number of anilines is 2. The molecule has 9 nitrogen and oxygen atoms in total. The van der Waals surface area contributed by atoms with Gasteiger partial charge in [-0.1, -0.05) is 12.2 Å². The van der Waals surface area contributed by atoms with Gasteiger partial charge in [-0.25, -0.2) is 9.59 Å². The summed E-state index contributed by atoms with van der Waals surface area (Å²) in [6.45, 7) is 1.46. The Bertz CT molecular complexity index is 1240. The first-order valence-corrected chi connectivity index (χ1v) is 11.8. The van der Waals surface area contributed by atoms with E-state index in [2.05, 4.69) is 5.32 Å². The normalized spacial score (nSPS) is 23.5. The first-order chi connectivity index (χ1) is 17.4. The summed E-state index contributed by atoms with van der Waals surface area (Å²) >= 11 is 0. The number of ether oxygens (including phenoxy) is 2. The van der Waals surface area contributed by atoms with Gasteiger partial charge in [0.15, 0.2) is 6.61 Å². The lowest BCUT2D eigenvalue weighted by molar-refractivity contribution is -0.123. The van der Waals surface area contributed by atoms with Crippen molar-refractivity contribution in [3.05, 3.63) is 71.8 Å². The van der Waals surface area contributed by atoms with Gasteiger partial charge in [0, 0.05) is 5.69 Å². The Morgan fingerprint density at radius 1 is 0.833 bits per heavy atom. The fourth-order valence-corrected chi connectivity index (χ4v) is 5.22. The number of imide groups is 1. The number of carbonyl (C=O) groups is 5.